The molecule has 1 N–H and O–H groups in total. The molecule has 5 heteroatoms. The molecule has 0 aromatic heterocycles. The molecule has 5 nitrogen and oxygen atoms in total. The van der Waals surface area contributed by atoms with Crippen LogP contribution in [0.25, 0.3) is 0 Å². The van der Waals surface area contributed by atoms with Crippen LogP contribution >= 0.6 is 0 Å². The number of nitriles is 1. The van der Waals surface area contributed by atoms with Gasteiger partial charge in [-0.2, -0.15) is 5.26 Å². The van der Waals surface area contributed by atoms with E-state index in [9.17, 15) is 10.1 Å². The molecular formula is C20H22N2O3. The smallest absolute Gasteiger partial charge is 0.242 e. The van der Waals surface area contributed by atoms with Crippen molar-refractivity contribution in [3.63, 3.8) is 0 Å². The number of methoxy groups -OCH3 is 2. The Hall–Kier alpha value is -3.00. The normalized spacial score (nSPS) is 11.3. The number of carbonyl (C=O) groups excluding carboxylic acids is 1. The lowest BCUT2D eigenvalue weighted by Crippen LogP contribution is -2.23. The molecule has 130 valence electrons. The minimum Gasteiger partial charge on any atom is -0.497 e. The van der Waals surface area contributed by atoms with Crippen LogP contribution in [0.2, 0.25) is 0 Å². The van der Waals surface area contributed by atoms with Crippen molar-refractivity contribution in [3.05, 3.63) is 53.1 Å². The maximum atomic E-state index is 12.5. The summed E-state index contributed by atoms with van der Waals surface area (Å²) in [5, 5.41) is 12.3. The number of aryl methyl sites for hydroxylation is 2. The van der Waals surface area contributed by atoms with E-state index < -0.39 is 5.92 Å². The minimum absolute atomic E-state index is 0.244. The molecule has 2 aromatic rings. The Morgan fingerprint density at radius 2 is 1.88 bits per heavy atom. The number of nitrogens with zero attached hydrogens (tertiary/aromatic N) is 1. The van der Waals surface area contributed by atoms with Crippen LogP contribution in [-0.4, -0.2) is 20.1 Å². The second-order valence-corrected chi connectivity index (χ2v) is 5.85. The fourth-order valence-corrected chi connectivity index (χ4v) is 2.51. The maximum absolute atomic E-state index is 12.5. The van der Waals surface area contributed by atoms with Crippen LogP contribution in [0.1, 0.15) is 16.7 Å². The Morgan fingerprint density at radius 3 is 2.48 bits per heavy atom. The van der Waals surface area contributed by atoms with Gasteiger partial charge in [-0.1, -0.05) is 6.07 Å². The molecule has 0 aliphatic rings. The molecule has 0 heterocycles. The van der Waals surface area contributed by atoms with Gasteiger partial charge in [0.05, 0.1) is 20.3 Å². The number of hydrogen-bond donors (Lipinski definition) is 1. The molecule has 1 amide bonds. The van der Waals surface area contributed by atoms with Crippen LogP contribution in [0.15, 0.2) is 36.4 Å². The van der Waals surface area contributed by atoms with E-state index in [1.807, 2.05) is 32.0 Å². The van der Waals surface area contributed by atoms with Crippen LogP contribution in [0.3, 0.4) is 0 Å². The number of ether oxygens (including phenoxy) is 2. The van der Waals surface area contributed by atoms with Gasteiger partial charge >= 0.3 is 0 Å². The molecule has 1 atom stereocenters. The Kier molecular flexibility index (Phi) is 6.02. The van der Waals surface area contributed by atoms with Gasteiger partial charge in [0.2, 0.25) is 5.91 Å². The summed E-state index contributed by atoms with van der Waals surface area (Å²) in [6.45, 7) is 3.99. The SMILES string of the molecule is COc1ccc(OC)c(CC(C#N)C(=O)Nc2ccc(C)c(C)c2)c1. The lowest BCUT2D eigenvalue weighted by atomic mass is 9.98. The van der Waals surface area contributed by atoms with Gasteiger partial charge < -0.3 is 14.8 Å². The highest BCUT2D eigenvalue weighted by Gasteiger charge is 2.21. The first-order valence-corrected chi connectivity index (χ1v) is 7.97. The third-order valence-electron chi connectivity index (χ3n) is 4.16. The zero-order valence-corrected chi connectivity index (χ0v) is 14.9. The molecule has 2 aromatic carbocycles. The third-order valence-corrected chi connectivity index (χ3v) is 4.16. The zero-order valence-electron chi connectivity index (χ0n) is 14.9. The lowest BCUT2D eigenvalue weighted by molar-refractivity contribution is -0.118. The summed E-state index contributed by atoms with van der Waals surface area (Å²) in [5.74, 6) is 0.111. The second kappa shape index (κ2) is 8.20. The molecule has 0 bridgehead atoms. The summed E-state index contributed by atoms with van der Waals surface area (Å²) < 4.78 is 10.5. The van der Waals surface area contributed by atoms with E-state index in [-0.39, 0.29) is 12.3 Å². The summed E-state index contributed by atoms with van der Waals surface area (Å²) in [7, 11) is 3.13. The van der Waals surface area contributed by atoms with Crippen molar-refractivity contribution >= 4 is 11.6 Å². The van der Waals surface area contributed by atoms with Crippen molar-refractivity contribution in [2.75, 3.05) is 19.5 Å². The Bertz CT molecular complexity index is 809. The van der Waals surface area contributed by atoms with Gasteiger partial charge in [-0.15, -0.1) is 0 Å². The summed E-state index contributed by atoms with van der Waals surface area (Å²) in [4.78, 5) is 12.5. The Labute approximate surface area is 148 Å². The first-order chi connectivity index (χ1) is 12.0. The molecular weight excluding hydrogens is 316 g/mol. The first kappa shape index (κ1) is 18.3. The molecule has 0 radical (unpaired) electrons. The number of anilines is 1. The van der Waals surface area contributed by atoms with Crippen LogP contribution < -0.4 is 14.8 Å². The molecule has 0 aliphatic carbocycles. The van der Waals surface area contributed by atoms with E-state index in [4.69, 9.17) is 9.47 Å². The summed E-state index contributed by atoms with van der Waals surface area (Å²) >= 11 is 0. The van der Waals surface area contributed by atoms with Crippen molar-refractivity contribution < 1.29 is 14.3 Å². The molecule has 0 saturated heterocycles. The van der Waals surface area contributed by atoms with Gasteiger partial charge in [-0.25, -0.2) is 0 Å². The highest BCUT2D eigenvalue weighted by Crippen LogP contribution is 2.27. The van der Waals surface area contributed by atoms with Gasteiger partial charge in [0, 0.05) is 12.1 Å². The van der Waals surface area contributed by atoms with Crippen molar-refractivity contribution in [3.8, 4) is 17.6 Å². The Morgan fingerprint density at radius 1 is 1.12 bits per heavy atom. The topological polar surface area (TPSA) is 71.3 Å². The highest BCUT2D eigenvalue weighted by atomic mass is 16.5. The van der Waals surface area contributed by atoms with E-state index >= 15 is 0 Å². The first-order valence-electron chi connectivity index (χ1n) is 7.97. The van der Waals surface area contributed by atoms with Gasteiger partial charge in [-0.05, 0) is 60.9 Å². The number of carbonyl (C=O) groups is 1. The molecule has 0 spiro atoms. The van der Waals surface area contributed by atoms with E-state index in [2.05, 4.69) is 11.4 Å². The van der Waals surface area contributed by atoms with Gasteiger partial charge in [0.1, 0.15) is 17.4 Å². The average molecular weight is 338 g/mol. The van der Waals surface area contributed by atoms with Gasteiger partial charge in [-0.3, -0.25) is 4.79 Å². The monoisotopic (exact) mass is 338 g/mol. The number of benzene rings is 2. The molecule has 2 rings (SSSR count). The van der Waals surface area contributed by atoms with Gasteiger partial charge in [0.15, 0.2) is 0 Å². The van der Waals surface area contributed by atoms with Crippen LogP contribution in [0.4, 0.5) is 5.69 Å². The average Bonchev–Trinajstić information content (AvgIpc) is 2.62. The van der Waals surface area contributed by atoms with E-state index in [0.29, 0.717) is 17.2 Å². The number of amides is 1. The molecule has 0 aliphatic heterocycles. The van der Waals surface area contributed by atoms with E-state index in [1.54, 1.807) is 32.4 Å². The number of nitrogens with one attached hydrogen (secondary N) is 1. The third kappa shape index (κ3) is 4.51. The van der Waals surface area contributed by atoms with Crippen molar-refractivity contribution in [2.24, 2.45) is 5.92 Å². The van der Waals surface area contributed by atoms with Crippen molar-refractivity contribution in [1.29, 1.82) is 5.26 Å². The fraction of sp³-hybridized carbons (Fsp3) is 0.300. The maximum Gasteiger partial charge on any atom is 0.242 e. The molecule has 1 unspecified atom stereocenters. The van der Waals surface area contributed by atoms with Crippen LogP contribution in [-0.2, 0) is 11.2 Å². The fourth-order valence-electron chi connectivity index (χ4n) is 2.51. The highest BCUT2D eigenvalue weighted by molar-refractivity contribution is 5.94. The summed E-state index contributed by atoms with van der Waals surface area (Å²) in [5.41, 5.74) is 3.67. The predicted octanol–water partition coefficient (Wildman–Crippen LogP) is 3.64. The van der Waals surface area contributed by atoms with Crippen molar-refractivity contribution in [1.82, 2.24) is 0 Å². The minimum atomic E-state index is -0.831. The van der Waals surface area contributed by atoms with E-state index in [1.165, 1.54) is 0 Å². The zero-order chi connectivity index (χ0) is 18.4. The number of rotatable bonds is 6. The van der Waals surface area contributed by atoms with Gasteiger partial charge in [0.25, 0.3) is 0 Å². The molecule has 0 saturated carbocycles. The standard InChI is InChI=1S/C20H22N2O3/c1-13-5-6-17(9-14(13)2)22-20(23)16(12-21)10-15-11-18(24-3)7-8-19(15)25-4/h5-9,11,16H,10H2,1-4H3,(H,22,23). The summed E-state index contributed by atoms with van der Waals surface area (Å²) in [6.07, 6.45) is 0.244. The Balaban J connectivity index is 2.18. The van der Waals surface area contributed by atoms with Crippen LogP contribution in [0.5, 0.6) is 11.5 Å². The quantitative estimate of drug-likeness (QED) is 0.873. The summed E-state index contributed by atoms with van der Waals surface area (Å²) in [6, 6.07) is 13.1. The molecule has 0 fully saturated rings. The van der Waals surface area contributed by atoms with Crippen molar-refractivity contribution in [2.45, 2.75) is 20.3 Å². The lowest BCUT2D eigenvalue weighted by Gasteiger charge is -2.14. The second-order valence-electron chi connectivity index (χ2n) is 5.85. The molecule has 25 heavy (non-hydrogen) atoms. The predicted molar refractivity (Wildman–Crippen MR) is 96.9 cm³/mol. The van der Waals surface area contributed by atoms with Crippen LogP contribution in [0, 0.1) is 31.1 Å². The number of hydrogen-bond acceptors (Lipinski definition) is 4. The van der Waals surface area contributed by atoms with E-state index in [0.717, 1.165) is 16.7 Å². The largest absolute Gasteiger partial charge is 0.497 e.